The molecule has 2 aliphatic rings. The highest BCUT2D eigenvalue weighted by Gasteiger charge is 2.38. The number of benzene rings is 1. The van der Waals surface area contributed by atoms with Crippen LogP contribution in [0, 0.1) is 0 Å². The Balaban J connectivity index is 1.46. The Morgan fingerprint density at radius 1 is 1.08 bits per heavy atom. The first-order valence-electron chi connectivity index (χ1n) is 9.47. The van der Waals surface area contributed by atoms with Gasteiger partial charge < -0.3 is 5.32 Å². The Morgan fingerprint density at radius 2 is 1.69 bits per heavy atom. The minimum absolute atomic E-state index is 0.00430. The molecule has 2 fully saturated rings. The minimum atomic E-state index is -3.14. The number of amides is 1. The van der Waals surface area contributed by atoms with Gasteiger partial charge in [-0.2, -0.15) is 0 Å². The predicted molar refractivity (Wildman–Crippen MR) is 102 cm³/mol. The zero-order valence-corrected chi connectivity index (χ0v) is 16.3. The van der Waals surface area contributed by atoms with Gasteiger partial charge in [-0.1, -0.05) is 30.3 Å². The van der Waals surface area contributed by atoms with E-state index in [1.807, 2.05) is 44.2 Å². The Morgan fingerprint density at radius 3 is 2.27 bits per heavy atom. The SMILES string of the molecule is CC(C(=O)N[C@H](C)c1ccccc1)N1CCC(NS(=O)(=O)C2CC2)CC1. The first-order chi connectivity index (χ1) is 12.4. The van der Waals surface area contributed by atoms with E-state index in [1.165, 1.54) is 0 Å². The maximum Gasteiger partial charge on any atom is 0.237 e. The number of carbonyl (C=O) groups is 1. The summed E-state index contributed by atoms with van der Waals surface area (Å²) in [4.78, 5) is 14.7. The zero-order chi connectivity index (χ0) is 18.7. The first kappa shape index (κ1) is 19.3. The fourth-order valence-corrected chi connectivity index (χ4v) is 5.09. The van der Waals surface area contributed by atoms with Crippen molar-refractivity contribution in [1.82, 2.24) is 14.9 Å². The third kappa shape index (κ3) is 4.84. The molecule has 2 N–H and O–H groups in total. The van der Waals surface area contributed by atoms with Crippen LogP contribution in [0.1, 0.15) is 51.1 Å². The molecule has 0 aromatic heterocycles. The number of likely N-dealkylation sites (tertiary alicyclic amines) is 1. The lowest BCUT2D eigenvalue weighted by Gasteiger charge is -2.35. The van der Waals surface area contributed by atoms with Crippen molar-refractivity contribution in [2.45, 2.75) is 62.9 Å². The van der Waals surface area contributed by atoms with E-state index in [2.05, 4.69) is 14.9 Å². The molecule has 1 unspecified atom stereocenters. The third-order valence-corrected chi connectivity index (χ3v) is 7.42. The van der Waals surface area contributed by atoms with E-state index in [9.17, 15) is 13.2 Å². The van der Waals surface area contributed by atoms with Crippen LogP contribution in [0.3, 0.4) is 0 Å². The van der Waals surface area contributed by atoms with E-state index in [0.29, 0.717) is 0 Å². The van der Waals surface area contributed by atoms with E-state index < -0.39 is 10.0 Å². The Kier molecular flexibility index (Phi) is 5.99. The summed E-state index contributed by atoms with van der Waals surface area (Å²) in [6, 6.07) is 9.65. The molecule has 0 radical (unpaired) electrons. The standard InChI is InChI=1S/C19H29N3O3S/c1-14(16-6-4-3-5-7-16)20-19(23)15(2)22-12-10-17(11-13-22)21-26(24,25)18-8-9-18/h3-7,14-15,17-18,21H,8-13H2,1-2H3,(H,20,23)/t14-,15?/m1/s1. The second-order valence-electron chi connectivity index (χ2n) is 7.49. The monoisotopic (exact) mass is 379 g/mol. The number of rotatable bonds is 7. The summed E-state index contributed by atoms with van der Waals surface area (Å²) in [5, 5.41) is 2.90. The topological polar surface area (TPSA) is 78.5 Å². The van der Waals surface area contributed by atoms with Crippen LogP contribution < -0.4 is 10.0 Å². The molecular formula is C19H29N3O3S. The first-order valence-corrected chi connectivity index (χ1v) is 11.0. The second kappa shape index (κ2) is 8.06. The van der Waals surface area contributed by atoms with E-state index in [4.69, 9.17) is 0 Å². The highest BCUT2D eigenvalue weighted by molar-refractivity contribution is 7.90. The molecule has 6 nitrogen and oxygen atoms in total. The summed E-state index contributed by atoms with van der Waals surface area (Å²) in [6.07, 6.45) is 3.06. The minimum Gasteiger partial charge on any atom is -0.348 e. The van der Waals surface area contributed by atoms with Crippen molar-refractivity contribution >= 4 is 15.9 Å². The molecule has 1 aliphatic carbocycles. The van der Waals surface area contributed by atoms with Gasteiger partial charge in [-0.15, -0.1) is 0 Å². The molecule has 1 aromatic carbocycles. The number of carbonyl (C=O) groups excluding carboxylic acids is 1. The number of nitrogens with zero attached hydrogens (tertiary/aromatic N) is 1. The summed E-state index contributed by atoms with van der Waals surface area (Å²) in [5.74, 6) is 0.0124. The molecule has 1 aromatic rings. The lowest BCUT2D eigenvalue weighted by atomic mass is 10.0. The molecule has 2 atom stereocenters. The van der Waals surface area contributed by atoms with Gasteiger partial charge >= 0.3 is 0 Å². The fourth-order valence-electron chi connectivity index (χ4n) is 3.44. The molecule has 0 bridgehead atoms. The number of piperidine rings is 1. The molecular weight excluding hydrogens is 350 g/mol. The van der Waals surface area contributed by atoms with E-state index >= 15 is 0 Å². The Labute approximate surface area is 156 Å². The summed E-state index contributed by atoms with van der Waals surface area (Å²) < 4.78 is 26.9. The summed E-state index contributed by atoms with van der Waals surface area (Å²) in [5.41, 5.74) is 1.08. The molecule has 1 aliphatic heterocycles. The number of nitrogens with one attached hydrogen (secondary N) is 2. The largest absolute Gasteiger partial charge is 0.348 e. The molecule has 0 spiro atoms. The predicted octanol–water partition coefficient (Wildman–Crippen LogP) is 1.80. The highest BCUT2D eigenvalue weighted by Crippen LogP contribution is 2.28. The molecule has 3 rings (SSSR count). The lowest BCUT2D eigenvalue weighted by molar-refractivity contribution is -0.127. The van der Waals surface area contributed by atoms with Gasteiger partial charge in [0.05, 0.1) is 17.3 Å². The van der Waals surface area contributed by atoms with Gasteiger partial charge in [-0.05, 0) is 45.1 Å². The van der Waals surface area contributed by atoms with Crippen molar-refractivity contribution in [2.75, 3.05) is 13.1 Å². The molecule has 1 saturated heterocycles. The van der Waals surface area contributed by atoms with Crippen molar-refractivity contribution < 1.29 is 13.2 Å². The quantitative estimate of drug-likeness (QED) is 0.757. The van der Waals surface area contributed by atoms with Gasteiger partial charge in [0, 0.05) is 19.1 Å². The summed E-state index contributed by atoms with van der Waals surface area (Å²) in [7, 11) is -3.14. The highest BCUT2D eigenvalue weighted by atomic mass is 32.2. The molecule has 7 heteroatoms. The van der Waals surface area contributed by atoms with Crippen LogP contribution in [0.5, 0.6) is 0 Å². The van der Waals surface area contributed by atoms with Crippen LogP contribution in [0.4, 0.5) is 0 Å². The molecule has 1 heterocycles. The van der Waals surface area contributed by atoms with E-state index in [-0.39, 0.29) is 29.3 Å². The second-order valence-corrected chi connectivity index (χ2v) is 9.48. The molecule has 144 valence electrons. The van der Waals surface area contributed by atoms with Gasteiger partial charge in [0.2, 0.25) is 15.9 Å². The Hall–Kier alpha value is -1.44. The maximum absolute atomic E-state index is 12.6. The summed E-state index contributed by atoms with van der Waals surface area (Å²) in [6.45, 7) is 5.36. The van der Waals surface area contributed by atoms with Crippen molar-refractivity contribution in [1.29, 1.82) is 0 Å². The number of hydrogen-bond acceptors (Lipinski definition) is 4. The normalized spacial score (nSPS) is 21.9. The average Bonchev–Trinajstić information content (AvgIpc) is 3.48. The van der Waals surface area contributed by atoms with Gasteiger partial charge in [-0.25, -0.2) is 13.1 Å². The third-order valence-electron chi connectivity index (χ3n) is 5.41. The van der Waals surface area contributed by atoms with Crippen LogP contribution in [0.15, 0.2) is 30.3 Å². The van der Waals surface area contributed by atoms with Gasteiger partial charge in [0.1, 0.15) is 0 Å². The van der Waals surface area contributed by atoms with Gasteiger partial charge in [0.25, 0.3) is 0 Å². The van der Waals surface area contributed by atoms with Crippen molar-refractivity contribution in [3.63, 3.8) is 0 Å². The Bertz CT molecular complexity index is 711. The van der Waals surface area contributed by atoms with Crippen LogP contribution in [0.2, 0.25) is 0 Å². The maximum atomic E-state index is 12.6. The summed E-state index contributed by atoms with van der Waals surface area (Å²) >= 11 is 0. The van der Waals surface area contributed by atoms with Crippen molar-refractivity contribution in [2.24, 2.45) is 0 Å². The average molecular weight is 380 g/mol. The van der Waals surface area contributed by atoms with Crippen molar-refractivity contribution in [3.05, 3.63) is 35.9 Å². The fraction of sp³-hybridized carbons (Fsp3) is 0.632. The molecule has 1 saturated carbocycles. The van der Waals surface area contributed by atoms with Crippen LogP contribution in [-0.2, 0) is 14.8 Å². The van der Waals surface area contributed by atoms with Gasteiger partial charge in [0.15, 0.2) is 0 Å². The molecule has 1 amide bonds. The number of hydrogen-bond donors (Lipinski definition) is 2. The van der Waals surface area contributed by atoms with E-state index in [0.717, 1.165) is 44.3 Å². The van der Waals surface area contributed by atoms with Crippen LogP contribution in [0.25, 0.3) is 0 Å². The smallest absolute Gasteiger partial charge is 0.237 e. The molecule has 26 heavy (non-hydrogen) atoms. The number of sulfonamides is 1. The van der Waals surface area contributed by atoms with Gasteiger partial charge in [-0.3, -0.25) is 9.69 Å². The lowest BCUT2D eigenvalue weighted by Crippen LogP contribution is -2.52. The van der Waals surface area contributed by atoms with Crippen molar-refractivity contribution in [3.8, 4) is 0 Å². The van der Waals surface area contributed by atoms with Crippen LogP contribution >= 0.6 is 0 Å². The van der Waals surface area contributed by atoms with Crippen LogP contribution in [-0.4, -0.2) is 49.6 Å². The zero-order valence-electron chi connectivity index (χ0n) is 15.5. The van der Waals surface area contributed by atoms with E-state index in [1.54, 1.807) is 0 Å².